The Labute approximate surface area is 139 Å². The third-order valence-corrected chi connectivity index (χ3v) is 4.46. The van der Waals surface area contributed by atoms with E-state index in [0.717, 1.165) is 31.2 Å². The van der Waals surface area contributed by atoms with E-state index in [2.05, 4.69) is 4.99 Å². The summed E-state index contributed by atoms with van der Waals surface area (Å²) < 4.78 is 24.0. The van der Waals surface area contributed by atoms with Crippen molar-refractivity contribution in [3.05, 3.63) is 33.4 Å². The summed E-state index contributed by atoms with van der Waals surface area (Å²) in [5.74, 6) is -1.63. The minimum atomic E-state index is -3.68. The fourth-order valence-corrected chi connectivity index (χ4v) is 3.19. The number of aryl methyl sites for hydroxylation is 1. The lowest BCUT2D eigenvalue weighted by atomic mass is 10.0. The summed E-state index contributed by atoms with van der Waals surface area (Å²) in [7, 11) is -3.68. The highest BCUT2D eigenvalue weighted by Crippen LogP contribution is 2.29. The molecule has 0 fully saturated rings. The van der Waals surface area contributed by atoms with Crippen molar-refractivity contribution in [2.75, 3.05) is 6.26 Å². The van der Waals surface area contributed by atoms with Gasteiger partial charge in [-0.25, -0.2) is 8.42 Å². The largest absolute Gasteiger partial charge is 0.370 e. The van der Waals surface area contributed by atoms with Gasteiger partial charge in [0, 0.05) is 12.3 Å². The molecule has 0 aliphatic rings. The smallest absolute Gasteiger partial charge is 0.287 e. The van der Waals surface area contributed by atoms with Crippen molar-refractivity contribution in [2.45, 2.75) is 37.5 Å². The van der Waals surface area contributed by atoms with Gasteiger partial charge in [0.15, 0.2) is 15.8 Å². The molecule has 1 aromatic carbocycles. The molecule has 4 N–H and O–H groups in total. The minimum absolute atomic E-state index is 0.127. The quantitative estimate of drug-likeness (QED) is 0.243. The summed E-state index contributed by atoms with van der Waals surface area (Å²) in [6.45, 7) is 1.98. The van der Waals surface area contributed by atoms with E-state index >= 15 is 0 Å². The van der Waals surface area contributed by atoms with Crippen LogP contribution in [0, 0.1) is 10.1 Å². The van der Waals surface area contributed by atoms with E-state index < -0.39 is 37.9 Å². The predicted octanol–water partition coefficient (Wildman–Crippen LogP) is 1.14. The van der Waals surface area contributed by atoms with Crippen molar-refractivity contribution >= 4 is 27.4 Å². The van der Waals surface area contributed by atoms with E-state index in [1.54, 1.807) is 0 Å². The van der Waals surface area contributed by atoms with E-state index in [-0.39, 0.29) is 4.90 Å². The Morgan fingerprint density at radius 2 is 1.92 bits per heavy atom. The molecule has 1 rings (SSSR count). The zero-order chi connectivity index (χ0) is 18.5. The SMILES string of the molecule is CCCCCc1cc([N+](=O)[O-])c(C(=O)N=C(N)N)cc1S(C)(=O)=O. The minimum Gasteiger partial charge on any atom is -0.370 e. The molecule has 9 nitrogen and oxygen atoms in total. The van der Waals surface area contributed by atoms with Gasteiger partial charge >= 0.3 is 0 Å². The number of amides is 1. The van der Waals surface area contributed by atoms with Gasteiger partial charge < -0.3 is 11.5 Å². The number of rotatable bonds is 7. The summed E-state index contributed by atoms with van der Waals surface area (Å²) in [6, 6.07) is 2.09. The monoisotopic (exact) mass is 356 g/mol. The summed E-state index contributed by atoms with van der Waals surface area (Å²) in [6.07, 6.45) is 3.78. The topological polar surface area (TPSA) is 159 Å². The molecule has 0 saturated heterocycles. The number of carbonyl (C=O) groups excluding carboxylic acids is 1. The molecule has 1 amide bonds. The highest BCUT2D eigenvalue weighted by atomic mass is 32.2. The molecular formula is C14H20N4O5S. The number of nitro groups is 1. The standard InChI is InChI=1S/C14H20N4O5S/c1-3-4-5-6-9-7-11(18(20)21)10(13(19)17-14(15)16)8-12(9)24(2,22)23/h7-8H,3-6H2,1-2H3,(H4,15,16,17,19). The van der Waals surface area contributed by atoms with Gasteiger partial charge in [-0.1, -0.05) is 19.8 Å². The highest BCUT2D eigenvalue weighted by Gasteiger charge is 2.26. The molecule has 1 aromatic rings. The summed E-state index contributed by atoms with van der Waals surface area (Å²) in [4.78, 5) is 25.6. The molecule has 0 aliphatic carbocycles. The molecule has 0 atom stereocenters. The van der Waals surface area contributed by atoms with E-state index in [1.165, 1.54) is 0 Å². The Morgan fingerprint density at radius 3 is 2.38 bits per heavy atom. The zero-order valence-electron chi connectivity index (χ0n) is 13.5. The number of unbranched alkanes of at least 4 members (excludes halogenated alkanes) is 2. The van der Waals surface area contributed by atoms with Gasteiger partial charge in [-0.15, -0.1) is 0 Å². The number of hydrogen-bond acceptors (Lipinski definition) is 5. The number of aliphatic imine (C=N–C) groups is 1. The van der Waals surface area contributed by atoms with E-state index in [0.29, 0.717) is 18.4 Å². The second kappa shape index (κ2) is 7.86. The molecule has 0 saturated carbocycles. The van der Waals surface area contributed by atoms with Gasteiger partial charge in [0.25, 0.3) is 11.6 Å². The first-order valence-electron chi connectivity index (χ1n) is 7.23. The molecule has 0 aliphatic heterocycles. The number of benzene rings is 1. The van der Waals surface area contributed by atoms with Crippen molar-refractivity contribution in [3.8, 4) is 0 Å². The van der Waals surface area contributed by atoms with Gasteiger partial charge in [0.1, 0.15) is 5.56 Å². The second-order valence-corrected chi connectivity index (χ2v) is 7.29. The average Bonchev–Trinajstić information content (AvgIpc) is 2.44. The number of sulfone groups is 1. The van der Waals surface area contributed by atoms with E-state index in [4.69, 9.17) is 11.5 Å². The first-order chi connectivity index (χ1) is 11.1. The maximum Gasteiger partial charge on any atom is 0.287 e. The van der Waals surface area contributed by atoms with Crippen LogP contribution in [0.25, 0.3) is 0 Å². The number of hydrogen-bond donors (Lipinski definition) is 2. The lowest BCUT2D eigenvalue weighted by Gasteiger charge is -2.10. The number of carbonyl (C=O) groups is 1. The van der Waals surface area contributed by atoms with Crippen LogP contribution in [0.4, 0.5) is 5.69 Å². The van der Waals surface area contributed by atoms with Crippen molar-refractivity contribution < 1.29 is 18.1 Å². The molecule has 10 heteroatoms. The highest BCUT2D eigenvalue weighted by molar-refractivity contribution is 7.90. The van der Waals surface area contributed by atoms with Crippen molar-refractivity contribution in [2.24, 2.45) is 16.5 Å². The van der Waals surface area contributed by atoms with Crippen LogP contribution in [0.2, 0.25) is 0 Å². The van der Waals surface area contributed by atoms with Crippen LogP contribution < -0.4 is 11.5 Å². The Hall–Kier alpha value is -2.49. The predicted molar refractivity (Wildman–Crippen MR) is 89.6 cm³/mol. The van der Waals surface area contributed by atoms with Gasteiger partial charge in [-0.05, 0) is 24.5 Å². The van der Waals surface area contributed by atoms with Crippen molar-refractivity contribution in [3.63, 3.8) is 0 Å². The Bertz CT molecular complexity index is 783. The van der Waals surface area contributed by atoms with E-state index in [9.17, 15) is 23.3 Å². The Balaban J connectivity index is 3.58. The summed E-state index contributed by atoms with van der Waals surface area (Å²) >= 11 is 0. The van der Waals surface area contributed by atoms with Gasteiger partial charge in [-0.3, -0.25) is 14.9 Å². The maximum absolute atomic E-state index is 12.0. The summed E-state index contributed by atoms with van der Waals surface area (Å²) in [5, 5.41) is 11.2. The Kier molecular flexibility index (Phi) is 6.41. The first-order valence-corrected chi connectivity index (χ1v) is 9.12. The lowest BCUT2D eigenvalue weighted by molar-refractivity contribution is -0.385. The third-order valence-electron chi connectivity index (χ3n) is 3.29. The molecular weight excluding hydrogens is 336 g/mol. The van der Waals surface area contributed by atoms with Crippen LogP contribution in [0.3, 0.4) is 0 Å². The number of guanidine groups is 1. The summed E-state index contributed by atoms with van der Waals surface area (Å²) in [5.41, 5.74) is 9.54. The second-order valence-electron chi connectivity index (χ2n) is 5.31. The number of nitrogens with two attached hydrogens (primary N) is 2. The van der Waals surface area contributed by atoms with Crippen LogP contribution in [0.15, 0.2) is 22.0 Å². The van der Waals surface area contributed by atoms with Crippen LogP contribution >= 0.6 is 0 Å². The van der Waals surface area contributed by atoms with Crippen molar-refractivity contribution in [1.29, 1.82) is 0 Å². The third kappa shape index (κ3) is 5.01. The van der Waals surface area contributed by atoms with E-state index in [1.807, 2.05) is 6.92 Å². The molecule has 0 bridgehead atoms. The van der Waals surface area contributed by atoms with Crippen LogP contribution in [0.5, 0.6) is 0 Å². The fraction of sp³-hybridized carbons (Fsp3) is 0.429. The zero-order valence-corrected chi connectivity index (χ0v) is 14.3. The molecule has 0 aromatic heterocycles. The van der Waals surface area contributed by atoms with Crippen LogP contribution in [-0.4, -0.2) is 31.5 Å². The van der Waals surface area contributed by atoms with Crippen molar-refractivity contribution in [1.82, 2.24) is 0 Å². The van der Waals surface area contributed by atoms with Crippen LogP contribution in [0.1, 0.15) is 42.1 Å². The normalized spacial score (nSPS) is 11.1. The van der Waals surface area contributed by atoms with Gasteiger partial charge in [0.2, 0.25) is 0 Å². The molecule has 0 unspecified atom stereocenters. The number of nitro benzene ring substituents is 1. The number of nitrogens with zero attached hydrogens (tertiary/aromatic N) is 2. The van der Waals surface area contributed by atoms with Gasteiger partial charge in [-0.2, -0.15) is 4.99 Å². The fourth-order valence-electron chi connectivity index (χ4n) is 2.22. The van der Waals surface area contributed by atoms with Gasteiger partial charge in [0.05, 0.1) is 9.82 Å². The Morgan fingerprint density at radius 1 is 1.29 bits per heavy atom. The lowest BCUT2D eigenvalue weighted by Crippen LogP contribution is -2.24. The van der Waals surface area contributed by atoms with Crippen LogP contribution in [-0.2, 0) is 16.3 Å². The molecule has 24 heavy (non-hydrogen) atoms. The molecule has 0 spiro atoms. The molecule has 0 heterocycles. The molecule has 0 radical (unpaired) electrons. The average molecular weight is 356 g/mol. The maximum atomic E-state index is 12.0. The first kappa shape index (κ1) is 19.6. The molecule has 132 valence electrons.